The smallest absolute Gasteiger partial charge is 0.0326 e. The molecule has 0 atom stereocenters. The molecule has 0 aliphatic carbocycles. The van der Waals surface area contributed by atoms with Gasteiger partial charge >= 0.3 is 0 Å². The molecule has 2 rings (SSSR count). The van der Waals surface area contributed by atoms with Gasteiger partial charge in [0.15, 0.2) is 0 Å². The molecule has 0 saturated heterocycles. The maximum absolute atomic E-state index is 3.53. The van der Waals surface area contributed by atoms with E-state index >= 15 is 0 Å². The molecule has 1 aromatic heterocycles. The molecule has 1 aromatic carbocycles. The Hall–Kier alpha value is -0.290. The number of rotatable bonds is 5. The largest absolute Gasteiger partial charge is 0.308 e. The molecule has 0 fully saturated rings. The van der Waals surface area contributed by atoms with Crippen molar-refractivity contribution in [3.63, 3.8) is 0 Å². The first-order valence-corrected chi connectivity index (χ1v) is 9.28. The van der Waals surface area contributed by atoms with E-state index in [-0.39, 0.29) is 5.54 Å². The topological polar surface area (TPSA) is 12.0 Å². The number of benzene rings is 1. The Labute approximate surface area is 138 Å². The second kappa shape index (κ2) is 7.12. The summed E-state index contributed by atoms with van der Waals surface area (Å²) in [5.74, 6) is 1.03. The molecule has 0 aliphatic heterocycles. The molecule has 0 saturated carbocycles. The summed E-state index contributed by atoms with van der Waals surface area (Å²) in [6.07, 6.45) is 0. The van der Waals surface area contributed by atoms with Crippen molar-refractivity contribution in [2.24, 2.45) is 0 Å². The third-order valence-corrected chi connectivity index (χ3v) is 5.65. The number of thiophene rings is 1. The van der Waals surface area contributed by atoms with E-state index in [4.69, 9.17) is 0 Å². The van der Waals surface area contributed by atoms with Gasteiger partial charge in [0.05, 0.1) is 0 Å². The van der Waals surface area contributed by atoms with E-state index in [1.165, 1.54) is 19.8 Å². The highest BCUT2D eigenvalue weighted by molar-refractivity contribution is 9.10. The molecule has 0 bridgehead atoms. The van der Waals surface area contributed by atoms with Gasteiger partial charge in [0.25, 0.3) is 0 Å². The van der Waals surface area contributed by atoms with Gasteiger partial charge in [0.2, 0.25) is 0 Å². The molecule has 1 nitrogen and oxygen atoms in total. The summed E-state index contributed by atoms with van der Waals surface area (Å²) in [5, 5.41) is 5.67. The highest BCUT2D eigenvalue weighted by Crippen LogP contribution is 2.28. The van der Waals surface area contributed by atoms with Gasteiger partial charge in [-0.25, -0.2) is 0 Å². The summed E-state index contributed by atoms with van der Waals surface area (Å²) in [4.78, 5) is 2.74. The lowest BCUT2D eigenvalue weighted by molar-refractivity contribution is 0.424. The molecular formula is C16H20BrNS2. The van der Waals surface area contributed by atoms with Crippen LogP contribution in [0.25, 0.3) is 0 Å². The molecule has 0 radical (unpaired) electrons. The Balaban J connectivity index is 1.92. The highest BCUT2D eigenvalue weighted by Gasteiger charge is 2.08. The van der Waals surface area contributed by atoms with Crippen molar-refractivity contribution in [2.75, 3.05) is 0 Å². The Morgan fingerprint density at radius 2 is 2.05 bits per heavy atom. The maximum Gasteiger partial charge on any atom is 0.0326 e. The summed E-state index contributed by atoms with van der Waals surface area (Å²) < 4.78 is 1.18. The molecule has 2 aromatic rings. The van der Waals surface area contributed by atoms with E-state index in [0.717, 1.165) is 12.3 Å². The van der Waals surface area contributed by atoms with E-state index < -0.39 is 0 Å². The average molecular weight is 370 g/mol. The number of halogens is 1. The van der Waals surface area contributed by atoms with Gasteiger partial charge < -0.3 is 5.32 Å². The number of hydrogen-bond donors (Lipinski definition) is 1. The fraction of sp³-hybridized carbons (Fsp3) is 0.375. The summed E-state index contributed by atoms with van der Waals surface area (Å²) >= 11 is 7.20. The van der Waals surface area contributed by atoms with Crippen LogP contribution in [0.3, 0.4) is 0 Å². The Kier molecular flexibility index (Phi) is 5.73. The Morgan fingerprint density at radius 1 is 1.25 bits per heavy atom. The minimum Gasteiger partial charge on any atom is -0.308 e. The quantitative estimate of drug-likeness (QED) is 0.679. The summed E-state index contributed by atoms with van der Waals surface area (Å²) in [5.41, 5.74) is 1.50. The average Bonchev–Trinajstić information content (AvgIpc) is 2.80. The number of hydrogen-bond acceptors (Lipinski definition) is 3. The van der Waals surface area contributed by atoms with Crippen molar-refractivity contribution >= 4 is 39.0 Å². The minimum atomic E-state index is 0.159. The monoisotopic (exact) mass is 369 g/mol. The number of nitrogens with one attached hydrogen (secondary N) is 1. The summed E-state index contributed by atoms with van der Waals surface area (Å²) in [6, 6.07) is 11.0. The fourth-order valence-corrected chi connectivity index (χ4v) is 4.18. The summed E-state index contributed by atoms with van der Waals surface area (Å²) in [7, 11) is 0. The minimum absolute atomic E-state index is 0.159. The normalized spacial score (nSPS) is 11.8. The zero-order valence-electron chi connectivity index (χ0n) is 12.1. The van der Waals surface area contributed by atoms with Crippen LogP contribution in [0.15, 0.2) is 45.1 Å². The van der Waals surface area contributed by atoms with Crippen LogP contribution in [-0.4, -0.2) is 5.54 Å². The predicted octanol–water partition coefficient (Wildman–Crippen LogP) is 5.69. The third-order valence-electron chi connectivity index (χ3n) is 2.72. The first-order valence-electron chi connectivity index (χ1n) is 6.62. The van der Waals surface area contributed by atoms with E-state index in [9.17, 15) is 0 Å². The standard InChI is InChI=1S/C16H20BrNS2/c1-16(2,3)18-9-12-5-4-6-14(7-12)20-11-15-8-13(17)10-19-15/h4-8,10,18H,9,11H2,1-3H3. The van der Waals surface area contributed by atoms with Crippen molar-refractivity contribution in [2.45, 2.75) is 43.5 Å². The molecule has 1 heterocycles. The maximum atomic E-state index is 3.53. The molecule has 108 valence electrons. The zero-order valence-corrected chi connectivity index (χ0v) is 15.3. The van der Waals surface area contributed by atoms with Gasteiger partial charge in [0, 0.05) is 37.5 Å². The highest BCUT2D eigenvalue weighted by atomic mass is 79.9. The molecular weight excluding hydrogens is 350 g/mol. The van der Waals surface area contributed by atoms with Gasteiger partial charge in [-0.2, -0.15) is 0 Å². The lowest BCUT2D eigenvalue weighted by Gasteiger charge is -2.20. The van der Waals surface area contributed by atoms with E-state index in [0.29, 0.717) is 0 Å². The van der Waals surface area contributed by atoms with Gasteiger partial charge in [-0.15, -0.1) is 23.1 Å². The lowest BCUT2D eigenvalue weighted by Crippen LogP contribution is -2.35. The molecule has 1 N–H and O–H groups in total. The van der Waals surface area contributed by atoms with Gasteiger partial charge in [-0.1, -0.05) is 12.1 Å². The SMILES string of the molecule is CC(C)(C)NCc1cccc(SCc2cc(Br)cs2)c1. The van der Waals surface area contributed by atoms with Gasteiger partial charge in [-0.3, -0.25) is 0 Å². The number of thioether (sulfide) groups is 1. The van der Waals surface area contributed by atoms with Gasteiger partial charge in [-0.05, 0) is 60.5 Å². The zero-order chi connectivity index (χ0) is 14.6. The molecule has 0 unspecified atom stereocenters. The predicted molar refractivity (Wildman–Crippen MR) is 94.6 cm³/mol. The second-order valence-electron chi connectivity index (χ2n) is 5.77. The van der Waals surface area contributed by atoms with Crippen molar-refractivity contribution in [1.82, 2.24) is 5.32 Å². The van der Waals surface area contributed by atoms with E-state index in [1.807, 2.05) is 11.8 Å². The molecule has 0 amide bonds. The van der Waals surface area contributed by atoms with Crippen LogP contribution >= 0.6 is 39.0 Å². The van der Waals surface area contributed by atoms with E-state index in [2.05, 4.69) is 77.7 Å². The van der Waals surface area contributed by atoms with Crippen LogP contribution in [-0.2, 0) is 12.3 Å². The van der Waals surface area contributed by atoms with Crippen LogP contribution in [0.5, 0.6) is 0 Å². The molecule has 20 heavy (non-hydrogen) atoms. The van der Waals surface area contributed by atoms with E-state index in [1.54, 1.807) is 11.3 Å². The fourth-order valence-electron chi connectivity index (χ4n) is 1.70. The molecule has 0 spiro atoms. The van der Waals surface area contributed by atoms with Crippen LogP contribution in [0, 0.1) is 0 Å². The Bertz CT molecular complexity index is 558. The van der Waals surface area contributed by atoms with Crippen molar-refractivity contribution in [3.8, 4) is 0 Å². The second-order valence-corrected chi connectivity index (χ2v) is 8.73. The van der Waals surface area contributed by atoms with Gasteiger partial charge in [0.1, 0.15) is 0 Å². The molecule has 0 aliphatic rings. The van der Waals surface area contributed by atoms with Crippen molar-refractivity contribution in [1.29, 1.82) is 0 Å². The van der Waals surface area contributed by atoms with Crippen LogP contribution < -0.4 is 5.32 Å². The van der Waals surface area contributed by atoms with Crippen molar-refractivity contribution in [3.05, 3.63) is 50.6 Å². The Morgan fingerprint density at radius 3 is 2.70 bits per heavy atom. The third kappa shape index (κ3) is 5.60. The molecule has 4 heteroatoms. The van der Waals surface area contributed by atoms with Crippen LogP contribution in [0.1, 0.15) is 31.2 Å². The first kappa shape index (κ1) is 16.1. The first-order chi connectivity index (χ1) is 9.42. The van der Waals surface area contributed by atoms with Crippen LogP contribution in [0.4, 0.5) is 0 Å². The summed E-state index contributed by atoms with van der Waals surface area (Å²) in [6.45, 7) is 7.50. The van der Waals surface area contributed by atoms with Crippen molar-refractivity contribution < 1.29 is 0 Å². The van der Waals surface area contributed by atoms with Crippen LogP contribution in [0.2, 0.25) is 0 Å². The lowest BCUT2D eigenvalue weighted by atomic mass is 10.1.